The van der Waals surface area contributed by atoms with Crippen molar-refractivity contribution in [2.75, 3.05) is 20.6 Å². The second kappa shape index (κ2) is 6.89. The van der Waals surface area contributed by atoms with Gasteiger partial charge in [-0.3, -0.25) is 4.68 Å². The predicted molar refractivity (Wildman–Crippen MR) is 84.1 cm³/mol. The highest BCUT2D eigenvalue weighted by molar-refractivity contribution is 5.02. The van der Waals surface area contributed by atoms with Gasteiger partial charge in [0, 0.05) is 24.8 Å². The number of likely N-dealkylation sites (N-methyl/N-ethyl adjacent to an activating group) is 1. The van der Waals surface area contributed by atoms with Crippen molar-refractivity contribution in [3.63, 3.8) is 0 Å². The van der Waals surface area contributed by atoms with Crippen LogP contribution in [-0.2, 0) is 19.6 Å². The molecule has 0 N–H and O–H groups in total. The van der Waals surface area contributed by atoms with E-state index in [-0.39, 0.29) is 0 Å². The Morgan fingerprint density at radius 3 is 2.71 bits per heavy atom. The number of nitrogens with zero attached hydrogens (tertiary/aromatic N) is 5. The largest absolute Gasteiger partial charge is 0.307 e. The van der Waals surface area contributed by atoms with Crippen molar-refractivity contribution in [2.24, 2.45) is 5.92 Å². The Hall–Kier alpha value is -1.62. The third-order valence-electron chi connectivity index (χ3n) is 3.40. The molecule has 0 radical (unpaired) electrons. The smallest absolute Gasteiger partial charge is 0.200 e. The molecule has 0 aromatic carbocycles. The molecule has 5 heteroatoms. The Bertz CT molecular complexity index is 565. The van der Waals surface area contributed by atoms with Gasteiger partial charge in [0.05, 0.1) is 24.5 Å². The van der Waals surface area contributed by atoms with E-state index in [1.165, 1.54) is 11.1 Å². The first kappa shape index (κ1) is 15.8. The summed E-state index contributed by atoms with van der Waals surface area (Å²) >= 11 is 0. The molecule has 0 aliphatic carbocycles. The summed E-state index contributed by atoms with van der Waals surface area (Å²) in [6.45, 7) is 10.5. The Labute approximate surface area is 127 Å². The number of hydrogen-bond donors (Lipinski definition) is 0. The molecule has 0 bridgehead atoms. The van der Waals surface area contributed by atoms with Crippen molar-refractivity contribution in [3.05, 3.63) is 35.9 Å². The van der Waals surface area contributed by atoms with Crippen LogP contribution in [-0.4, -0.2) is 40.0 Å². The molecule has 0 spiro atoms. The van der Waals surface area contributed by atoms with Crippen molar-refractivity contribution in [1.82, 2.24) is 19.4 Å². The molecule has 0 aliphatic rings. The zero-order valence-electron chi connectivity index (χ0n) is 14.0. The fraction of sp³-hybridized carbons (Fsp3) is 0.625. The van der Waals surface area contributed by atoms with Gasteiger partial charge in [-0.05, 0) is 26.9 Å². The third-order valence-corrected chi connectivity index (χ3v) is 3.40. The Morgan fingerprint density at radius 1 is 1.29 bits per heavy atom. The van der Waals surface area contributed by atoms with Gasteiger partial charge in [0.25, 0.3) is 0 Å². The van der Waals surface area contributed by atoms with Crippen LogP contribution in [0.25, 0.3) is 0 Å². The molecule has 2 aromatic heterocycles. The second-order valence-electron chi connectivity index (χ2n) is 6.53. The summed E-state index contributed by atoms with van der Waals surface area (Å²) in [4.78, 5) is 2.21. The number of aromatic nitrogens is 4. The van der Waals surface area contributed by atoms with Crippen LogP contribution in [0.5, 0.6) is 0 Å². The summed E-state index contributed by atoms with van der Waals surface area (Å²) in [5, 5.41) is 4.45. The summed E-state index contributed by atoms with van der Waals surface area (Å²) < 4.78 is 6.60. The van der Waals surface area contributed by atoms with Gasteiger partial charge in [0.15, 0.2) is 12.7 Å². The summed E-state index contributed by atoms with van der Waals surface area (Å²) in [5.41, 5.74) is 2.55. The molecule has 2 aromatic rings. The SMILES string of the molecule is Cc1cn(CCN(C)C)[n+](Cc2cnn(CC(C)C)c2)c1. The van der Waals surface area contributed by atoms with Crippen molar-refractivity contribution >= 4 is 0 Å². The maximum Gasteiger partial charge on any atom is 0.200 e. The van der Waals surface area contributed by atoms with E-state index in [0.29, 0.717) is 5.92 Å². The lowest BCUT2D eigenvalue weighted by molar-refractivity contribution is -0.768. The first-order chi connectivity index (χ1) is 9.94. The van der Waals surface area contributed by atoms with E-state index in [0.717, 1.165) is 26.2 Å². The van der Waals surface area contributed by atoms with Crippen LogP contribution in [0.4, 0.5) is 0 Å². The standard InChI is InChI=1S/C16H28N5/c1-14(2)9-19-12-16(8-17-19)13-21-11-15(3)10-20(21)7-6-18(4)5/h8,10-12,14H,6-7,9,13H2,1-5H3/q+1. The Kier molecular flexibility index (Phi) is 5.17. The zero-order chi connectivity index (χ0) is 15.4. The highest BCUT2D eigenvalue weighted by atomic mass is 15.4. The minimum absolute atomic E-state index is 0.622. The van der Waals surface area contributed by atoms with Crippen LogP contribution in [0.15, 0.2) is 24.8 Å². The Balaban J connectivity index is 2.06. The molecule has 0 unspecified atom stereocenters. The van der Waals surface area contributed by atoms with Crippen LogP contribution in [0.1, 0.15) is 25.0 Å². The van der Waals surface area contributed by atoms with E-state index in [9.17, 15) is 0 Å². The van der Waals surface area contributed by atoms with Crippen LogP contribution >= 0.6 is 0 Å². The molecule has 0 atom stereocenters. The van der Waals surface area contributed by atoms with E-state index >= 15 is 0 Å². The summed E-state index contributed by atoms with van der Waals surface area (Å²) in [6, 6.07) is 0. The second-order valence-corrected chi connectivity index (χ2v) is 6.53. The average molecular weight is 290 g/mol. The fourth-order valence-corrected chi connectivity index (χ4v) is 2.43. The number of rotatable bonds is 7. The lowest BCUT2D eigenvalue weighted by atomic mass is 10.2. The quantitative estimate of drug-likeness (QED) is 0.724. The van der Waals surface area contributed by atoms with E-state index in [2.05, 4.69) is 72.8 Å². The lowest BCUT2D eigenvalue weighted by Gasteiger charge is -2.08. The molecule has 0 saturated carbocycles. The molecular weight excluding hydrogens is 262 g/mol. The number of hydrogen-bond acceptors (Lipinski definition) is 2. The van der Waals surface area contributed by atoms with Crippen molar-refractivity contribution in [2.45, 2.75) is 40.4 Å². The van der Waals surface area contributed by atoms with Gasteiger partial charge in [0.2, 0.25) is 0 Å². The first-order valence-electron chi connectivity index (χ1n) is 7.66. The predicted octanol–water partition coefficient (Wildman–Crippen LogP) is 1.55. The van der Waals surface area contributed by atoms with Crippen LogP contribution in [0, 0.1) is 12.8 Å². The highest BCUT2D eigenvalue weighted by Crippen LogP contribution is 2.03. The van der Waals surface area contributed by atoms with Gasteiger partial charge in [0.1, 0.15) is 0 Å². The molecule has 21 heavy (non-hydrogen) atoms. The highest BCUT2D eigenvalue weighted by Gasteiger charge is 2.13. The van der Waals surface area contributed by atoms with Crippen LogP contribution in [0.3, 0.4) is 0 Å². The molecule has 0 aliphatic heterocycles. The van der Waals surface area contributed by atoms with E-state index in [1.54, 1.807) is 0 Å². The average Bonchev–Trinajstić information content (AvgIpc) is 2.93. The summed E-state index contributed by atoms with van der Waals surface area (Å²) in [6.07, 6.45) is 8.55. The van der Waals surface area contributed by atoms with Crippen molar-refractivity contribution < 1.29 is 4.68 Å². The van der Waals surface area contributed by atoms with Gasteiger partial charge in [-0.15, -0.1) is 4.68 Å². The van der Waals surface area contributed by atoms with Crippen molar-refractivity contribution in [3.8, 4) is 0 Å². The van der Waals surface area contributed by atoms with E-state index in [4.69, 9.17) is 0 Å². The lowest BCUT2D eigenvalue weighted by Crippen LogP contribution is -2.44. The molecule has 0 fully saturated rings. The Morgan fingerprint density at radius 2 is 2.05 bits per heavy atom. The number of aryl methyl sites for hydroxylation is 1. The van der Waals surface area contributed by atoms with Crippen LogP contribution in [0.2, 0.25) is 0 Å². The normalized spacial score (nSPS) is 11.8. The third kappa shape index (κ3) is 4.70. The monoisotopic (exact) mass is 290 g/mol. The molecule has 2 rings (SSSR count). The molecular formula is C16H28N5+. The molecule has 2 heterocycles. The first-order valence-corrected chi connectivity index (χ1v) is 7.66. The van der Waals surface area contributed by atoms with E-state index < -0.39 is 0 Å². The van der Waals surface area contributed by atoms with Gasteiger partial charge in [-0.2, -0.15) is 9.78 Å². The minimum atomic E-state index is 0.622. The maximum atomic E-state index is 4.45. The van der Waals surface area contributed by atoms with E-state index in [1.807, 2.05) is 10.9 Å². The van der Waals surface area contributed by atoms with Gasteiger partial charge >= 0.3 is 0 Å². The maximum absolute atomic E-state index is 4.45. The molecule has 116 valence electrons. The topological polar surface area (TPSA) is 29.9 Å². The summed E-state index contributed by atoms with van der Waals surface area (Å²) in [5.74, 6) is 0.622. The van der Waals surface area contributed by atoms with Gasteiger partial charge in [-0.1, -0.05) is 13.8 Å². The van der Waals surface area contributed by atoms with Gasteiger partial charge < -0.3 is 4.90 Å². The molecule has 5 nitrogen and oxygen atoms in total. The fourth-order valence-electron chi connectivity index (χ4n) is 2.43. The molecule has 0 amide bonds. The zero-order valence-corrected chi connectivity index (χ0v) is 14.0. The van der Waals surface area contributed by atoms with Crippen molar-refractivity contribution in [1.29, 1.82) is 0 Å². The van der Waals surface area contributed by atoms with Gasteiger partial charge in [-0.25, -0.2) is 0 Å². The summed E-state index contributed by atoms with van der Waals surface area (Å²) in [7, 11) is 4.22. The minimum Gasteiger partial charge on any atom is -0.307 e. The van der Waals surface area contributed by atoms with Crippen LogP contribution < -0.4 is 4.68 Å². The molecule has 0 saturated heterocycles.